The van der Waals surface area contributed by atoms with Gasteiger partial charge in [-0.15, -0.1) is 0 Å². The number of hydrogen-bond donors (Lipinski definition) is 1. The molecule has 1 fully saturated rings. The molecule has 1 aromatic rings. The lowest BCUT2D eigenvalue weighted by atomic mass is 10.1. The maximum Gasteiger partial charge on any atom is 0.339 e. The van der Waals surface area contributed by atoms with Crippen LogP contribution >= 0.6 is 0 Å². The molecule has 7 heteroatoms. The van der Waals surface area contributed by atoms with Crippen molar-refractivity contribution in [2.75, 3.05) is 13.2 Å². The SMILES string of the molecule is C=CC(=O)OCC1OC1COC(=O)c1ccccc1C(=O)O. The van der Waals surface area contributed by atoms with Gasteiger partial charge in [-0.25, -0.2) is 14.4 Å². The smallest absolute Gasteiger partial charge is 0.339 e. The van der Waals surface area contributed by atoms with Crippen LogP contribution in [0.1, 0.15) is 20.7 Å². The summed E-state index contributed by atoms with van der Waals surface area (Å²) in [6.07, 6.45) is 0.352. The lowest BCUT2D eigenvalue weighted by molar-refractivity contribution is -0.138. The molecule has 1 aromatic carbocycles. The summed E-state index contributed by atoms with van der Waals surface area (Å²) in [6, 6.07) is 5.77. The molecule has 0 saturated carbocycles. The van der Waals surface area contributed by atoms with Gasteiger partial charge in [0.1, 0.15) is 25.4 Å². The topological polar surface area (TPSA) is 102 Å². The molecule has 1 aliphatic heterocycles. The lowest BCUT2D eigenvalue weighted by Gasteiger charge is -2.05. The fraction of sp³-hybridized carbons (Fsp3) is 0.267. The molecule has 1 aliphatic rings. The molecule has 1 heterocycles. The van der Waals surface area contributed by atoms with Gasteiger partial charge in [-0.05, 0) is 12.1 Å². The summed E-state index contributed by atoms with van der Waals surface area (Å²) >= 11 is 0. The van der Waals surface area contributed by atoms with Crippen LogP contribution in [-0.2, 0) is 19.0 Å². The number of rotatable bonds is 7. The summed E-state index contributed by atoms with van der Waals surface area (Å²) in [5, 5.41) is 9.00. The molecule has 0 aliphatic carbocycles. The summed E-state index contributed by atoms with van der Waals surface area (Å²) in [7, 11) is 0. The Morgan fingerprint density at radius 3 is 2.32 bits per heavy atom. The minimum absolute atomic E-state index is 0.0229. The second kappa shape index (κ2) is 6.86. The normalized spacial score (nSPS) is 19.1. The molecule has 116 valence electrons. The number of carbonyl (C=O) groups excluding carboxylic acids is 2. The highest BCUT2D eigenvalue weighted by molar-refractivity contribution is 6.02. The largest absolute Gasteiger partial charge is 0.478 e. The van der Waals surface area contributed by atoms with Gasteiger partial charge in [0.05, 0.1) is 11.1 Å². The molecule has 0 aromatic heterocycles. The van der Waals surface area contributed by atoms with E-state index in [0.717, 1.165) is 6.08 Å². The molecule has 2 unspecified atom stereocenters. The van der Waals surface area contributed by atoms with E-state index in [1.807, 2.05) is 0 Å². The van der Waals surface area contributed by atoms with Crippen LogP contribution in [0.4, 0.5) is 0 Å². The summed E-state index contributed by atoms with van der Waals surface area (Å²) in [5.74, 6) is -2.50. The summed E-state index contributed by atoms with van der Waals surface area (Å²) in [5.41, 5.74) is -0.147. The van der Waals surface area contributed by atoms with Crippen LogP contribution in [-0.4, -0.2) is 48.4 Å². The summed E-state index contributed by atoms with van der Waals surface area (Å²) < 4.78 is 15.0. The maximum atomic E-state index is 11.9. The number of carboxylic acid groups (broad SMARTS) is 1. The molecule has 0 amide bonds. The van der Waals surface area contributed by atoms with E-state index in [-0.39, 0.29) is 36.5 Å². The van der Waals surface area contributed by atoms with E-state index < -0.39 is 17.9 Å². The third kappa shape index (κ3) is 3.92. The van der Waals surface area contributed by atoms with E-state index in [1.54, 1.807) is 6.07 Å². The Labute approximate surface area is 126 Å². The third-order valence-electron chi connectivity index (χ3n) is 3.00. The molecule has 2 atom stereocenters. The molecule has 0 bridgehead atoms. The average Bonchev–Trinajstić information content (AvgIpc) is 3.28. The van der Waals surface area contributed by atoms with Crippen molar-refractivity contribution in [2.45, 2.75) is 12.2 Å². The van der Waals surface area contributed by atoms with Crippen LogP contribution < -0.4 is 0 Å². The number of carboxylic acids is 1. The van der Waals surface area contributed by atoms with Gasteiger partial charge in [0.15, 0.2) is 0 Å². The molecule has 0 radical (unpaired) electrons. The number of esters is 2. The van der Waals surface area contributed by atoms with E-state index in [4.69, 9.17) is 19.3 Å². The van der Waals surface area contributed by atoms with Gasteiger partial charge in [-0.2, -0.15) is 0 Å². The fourth-order valence-corrected chi connectivity index (χ4v) is 1.78. The van der Waals surface area contributed by atoms with E-state index in [0.29, 0.717) is 0 Å². The van der Waals surface area contributed by atoms with E-state index in [9.17, 15) is 14.4 Å². The van der Waals surface area contributed by atoms with Crippen molar-refractivity contribution in [1.29, 1.82) is 0 Å². The Morgan fingerprint density at radius 2 is 1.73 bits per heavy atom. The van der Waals surface area contributed by atoms with Gasteiger partial charge in [0, 0.05) is 6.08 Å². The fourth-order valence-electron chi connectivity index (χ4n) is 1.78. The number of benzene rings is 1. The van der Waals surface area contributed by atoms with Crippen molar-refractivity contribution in [3.05, 3.63) is 48.0 Å². The first kappa shape index (κ1) is 15.7. The first-order valence-corrected chi connectivity index (χ1v) is 6.47. The third-order valence-corrected chi connectivity index (χ3v) is 3.00. The van der Waals surface area contributed by atoms with Gasteiger partial charge in [-0.1, -0.05) is 18.7 Å². The Balaban J connectivity index is 1.81. The Hall–Kier alpha value is -2.67. The van der Waals surface area contributed by atoms with E-state index in [2.05, 4.69) is 6.58 Å². The van der Waals surface area contributed by atoms with Gasteiger partial charge in [0.25, 0.3) is 0 Å². The van der Waals surface area contributed by atoms with Gasteiger partial charge in [-0.3, -0.25) is 0 Å². The quantitative estimate of drug-likeness (QED) is 0.456. The molecular weight excluding hydrogens is 292 g/mol. The Bertz CT molecular complexity index is 608. The number of hydrogen-bond acceptors (Lipinski definition) is 6. The Kier molecular flexibility index (Phi) is 4.90. The van der Waals surface area contributed by atoms with Crippen LogP contribution in [0.15, 0.2) is 36.9 Å². The maximum absolute atomic E-state index is 11.9. The van der Waals surface area contributed by atoms with Crippen LogP contribution in [0.2, 0.25) is 0 Å². The van der Waals surface area contributed by atoms with Crippen LogP contribution in [0.3, 0.4) is 0 Å². The molecule has 2 rings (SSSR count). The van der Waals surface area contributed by atoms with Gasteiger partial charge in [0.2, 0.25) is 0 Å². The first-order valence-electron chi connectivity index (χ1n) is 6.47. The predicted octanol–water partition coefficient (Wildman–Crippen LogP) is 1.04. The van der Waals surface area contributed by atoms with E-state index >= 15 is 0 Å². The second-order valence-corrected chi connectivity index (χ2v) is 4.50. The molecule has 22 heavy (non-hydrogen) atoms. The number of ether oxygens (including phenoxy) is 3. The van der Waals surface area contributed by atoms with Crippen molar-refractivity contribution in [3.8, 4) is 0 Å². The average molecular weight is 306 g/mol. The Morgan fingerprint density at radius 1 is 1.14 bits per heavy atom. The number of aromatic carboxylic acids is 1. The molecule has 7 nitrogen and oxygen atoms in total. The zero-order valence-electron chi connectivity index (χ0n) is 11.6. The summed E-state index contributed by atoms with van der Waals surface area (Å²) in [6.45, 7) is 3.28. The van der Waals surface area contributed by atoms with E-state index in [1.165, 1.54) is 18.2 Å². The monoisotopic (exact) mass is 306 g/mol. The first-order chi connectivity index (χ1) is 10.5. The highest BCUT2D eigenvalue weighted by Gasteiger charge is 2.41. The second-order valence-electron chi connectivity index (χ2n) is 4.50. The summed E-state index contributed by atoms with van der Waals surface area (Å²) in [4.78, 5) is 33.8. The van der Waals surface area contributed by atoms with Crippen molar-refractivity contribution in [1.82, 2.24) is 0 Å². The minimum atomic E-state index is -1.20. The van der Waals surface area contributed by atoms with Crippen LogP contribution in [0.25, 0.3) is 0 Å². The van der Waals surface area contributed by atoms with Crippen molar-refractivity contribution >= 4 is 17.9 Å². The minimum Gasteiger partial charge on any atom is -0.478 e. The van der Waals surface area contributed by atoms with Crippen molar-refractivity contribution in [2.24, 2.45) is 0 Å². The van der Waals surface area contributed by atoms with Crippen molar-refractivity contribution < 1.29 is 33.7 Å². The zero-order valence-corrected chi connectivity index (χ0v) is 11.6. The number of carbonyl (C=O) groups is 3. The molecule has 0 spiro atoms. The molecule has 1 saturated heterocycles. The van der Waals surface area contributed by atoms with Crippen molar-refractivity contribution in [3.63, 3.8) is 0 Å². The lowest BCUT2D eigenvalue weighted by Crippen LogP contribution is -2.16. The zero-order chi connectivity index (χ0) is 16.1. The highest BCUT2D eigenvalue weighted by Crippen LogP contribution is 2.23. The molecular formula is C15H14O7. The highest BCUT2D eigenvalue weighted by atomic mass is 16.6. The van der Waals surface area contributed by atoms with Gasteiger partial charge >= 0.3 is 17.9 Å². The standard InChI is InChI=1S/C15H14O7/c1-2-13(16)20-7-11-12(22-11)8-21-15(19)10-6-4-3-5-9(10)14(17)18/h2-6,11-12H,1,7-8H2,(H,17,18). The van der Waals surface area contributed by atoms with Gasteiger partial charge < -0.3 is 19.3 Å². The molecule has 1 N–H and O–H groups in total. The number of epoxide rings is 1. The predicted molar refractivity (Wildman–Crippen MR) is 73.5 cm³/mol. The van der Waals surface area contributed by atoms with Crippen LogP contribution in [0, 0.1) is 0 Å². The van der Waals surface area contributed by atoms with Crippen LogP contribution in [0.5, 0.6) is 0 Å².